The first-order valence-electron chi connectivity index (χ1n) is 5.17. The molecule has 1 N–H and O–H groups in total. The first-order valence-corrected chi connectivity index (χ1v) is 5.17. The van der Waals surface area contributed by atoms with Gasteiger partial charge in [0, 0.05) is 18.7 Å². The molecule has 2 atom stereocenters. The lowest BCUT2D eigenvalue weighted by Crippen LogP contribution is -2.46. The van der Waals surface area contributed by atoms with E-state index in [2.05, 4.69) is 19.2 Å². The van der Waals surface area contributed by atoms with Gasteiger partial charge in [-0.1, -0.05) is 6.92 Å². The molecule has 2 saturated carbocycles. The molecular formula is C10H19NO. The van der Waals surface area contributed by atoms with Crippen molar-refractivity contribution in [1.82, 2.24) is 5.32 Å². The summed E-state index contributed by atoms with van der Waals surface area (Å²) in [6.45, 7) is 5.26. The smallest absolute Gasteiger partial charge is 0.0604 e. The molecule has 0 aromatic carbocycles. The van der Waals surface area contributed by atoms with Crippen LogP contribution in [-0.2, 0) is 4.74 Å². The highest BCUT2D eigenvalue weighted by molar-refractivity contribution is 4.96. The lowest BCUT2D eigenvalue weighted by atomic mass is 9.89. The van der Waals surface area contributed by atoms with E-state index in [1.165, 1.54) is 19.3 Å². The number of hydrogen-bond acceptors (Lipinski definition) is 2. The van der Waals surface area contributed by atoms with Crippen LogP contribution in [0.5, 0.6) is 0 Å². The molecule has 0 heterocycles. The summed E-state index contributed by atoms with van der Waals surface area (Å²) in [6.07, 6.45) is 4.41. The van der Waals surface area contributed by atoms with Gasteiger partial charge in [0.2, 0.25) is 0 Å². The van der Waals surface area contributed by atoms with Crippen molar-refractivity contribution >= 4 is 0 Å². The summed E-state index contributed by atoms with van der Waals surface area (Å²) in [5, 5.41) is 3.65. The van der Waals surface area contributed by atoms with E-state index < -0.39 is 0 Å². The summed E-state index contributed by atoms with van der Waals surface area (Å²) in [6, 6.07) is 1.59. The standard InChI is InChI=1S/C10H19NO/c1-3-12-9-5-8(6-9)11-10-4-7(10)2/h7-11H,3-6H2,1-2H3. The van der Waals surface area contributed by atoms with Crippen LogP contribution in [0.3, 0.4) is 0 Å². The molecule has 0 radical (unpaired) electrons. The Morgan fingerprint density at radius 2 is 2.00 bits per heavy atom. The van der Waals surface area contributed by atoms with E-state index in [0.29, 0.717) is 6.10 Å². The third kappa shape index (κ3) is 1.80. The minimum atomic E-state index is 0.557. The van der Waals surface area contributed by atoms with E-state index in [9.17, 15) is 0 Å². The van der Waals surface area contributed by atoms with Crippen LogP contribution >= 0.6 is 0 Å². The molecule has 2 nitrogen and oxygen atoms in total. The highest BCUT2D eigenvalue weighted by Crippen LogP contribution is 2.33. The molecule has 0 aromatic rings. The number of ether oxygens (including phenoxy) is 1. The average Bonchev–Trinajstić information content (AvgIpc) is 2.62. The number of hydrogen-bond donors (Lipinski definition) is 1. The number of nitrogens with one attached hydrogen (secondary N) is 1. The van der Waals surface area contributed by atoms with E-state index in [1.807, 2.05) is 0 Å². The molecule has 0 aromatic heterocycles. The fourth-order valence-corrected chi connectivity index (χ4v) is 1.93. The van der Waals surface area contributed by atoms with Gasteiger partial charge >= 0.3 is 0 Å². The summed E-state index contributed by atoms with van der Waals surface area (Å²) in [5.74, 6) is 0.927. The molecule has 2 aliphatic carbocycles. The van der Waals surface area contributed by atoms with Crippen LogP contribution in [0.1, 0.15) is 33.1 Å². The molecule has 0 amide bonds. The minimum Gasteiger partial charge on any atom is -0.378 e. The Labute approximate surface area is 74.7 Å². The number of rotatable bonds is 4. The van der Waals surface area contributed by atoms with E-state index in [-0.39, 0.29) is 0 Å². The zero-order valence-corrected chi connectivity index (χ0v) is 8.05. The average molecular weight is 169 g/mol. The maximum absolute atomic E-state index is 5.50. The van der Waals surface area contributed by atoms with E-state index in [0.717, 1.165) is 24.6 Å². The van der Waals surface area contributed by atoms with Gasteiger partial charge in [-0.2, -0.15) is 0 Å². The first kappa shape index (κ1) is 8.52. The molecule has 2 heteroatoms. The zero-order chi connectivity index (χ0) is 8.55. The molecule has 12 heavy (non-hydrogen) atoms. The van der Waals surface area contributed by atoms with Crippen LogP contribution in [0.25, 0.3) is 0 Å². The monoisotopic (exact) mass is 169 g/mol. The van der Waals surface area contributed by atoms with Crippen molar-refractivity contribution < 1.29 is 4.74 Å². The van der Waals surface area contributed by atoms with Crippen LogP contribution in [0.2, 0.25) is 0 Å². The van der Waals surface area contributed by atoms with Crippen LogP contribution < -0.4 is 5.32 Å². The van der Waals surface area contributed by atoms with Crippen LogP contribution in [0, 0.1) is 5.92 Å². The topological polar surface area (TPSA) is 21.3 Å². The van der Waals surface area contributed by atoms with Crippen LogP contribution in [0.4, 0.5) is 0 Å². The van der Waals surface area contributed by atoms with Crippen LogP contribution in [0.15, 0.2) is 0 Å². The Bertz CT molecular complexity index is 154. The van der Waals surface area contributed by atoms with Gasteiger partial charge in [0.15, 0.2) is 0 Å². The van der Waals surface area contributed by atoms with Gasteiger partial charge in [0.05, 0.1) is 6.10 Å². The predicted molar refractivity (Wildman–Crippen MR) is 49.1 cm³/mol. The summed E-state index contributed by atoms with van der Waals surface area (Å²) in [5.41, 5.74) is 0. The predicted octanol–water partition coefficient (Wildman–Crippen LogP) is 1.55. The van der Waals surface area contributed by atoms with Crippen molar-refractivity contribution in [2.75, 3.05) is 6.61 Å². The minimum absolute atomic E-state index is 0.557. The second-order valence-corrected chi connectivity index (χ2v) is 4.23. The van der Waals surface area contributed by atoms with Gasteiger partial charge in [-0.25, -0.2) is 0 Å². The highest BCUT2D eigenvalue weighted by Gasteiger charge is 2.38. The Morgan fingerprint density at radius 1 is 1.33 bits per heavy atom. The maximum atomic E-state index is 5.50. The second kappa shape index (κ2) is 3.35. The zero-order valence-electron chi connectivity index (χ0n) is 8.05. The van der Waals surface area contributed by atoms with Crippen molar-refractivity contribution in [2.24, 2.45) is 5.92 Å². The molecular weight excluding hydrogens is 150 g/mol. The fraction of sp³-hybridized carbons (Fsp3) is 1.00. The quantitative estimate of drug-likeness (QED) is 0.689. The van der Waals surface area contributed by atoms with E-state index in [1.54, 1.807) is 0 Å². The third-order valence-electron chi connectivity index (χ3n) is 3.06. The van der Waals surface area contributed by atoms with Gasteiger partial charge in [-0.15, -0.1) is 0 Å². The van der Waals surface area contributed by atoms with E-state index in [4.69, 9.17) is 4.74 Å². The van der Waals surface area contributed by atoms with Crippen molar-refractivity contribution in [3.8, 4) is 0 Å². The van der Waals surface area contributed by atoms with Crippen molar-refractivity contribution in [1.29, 1.82) is 0 Å². The maximum Gasteiger partial charge on any atom is 0.0604 e. The van der Waals surface area contributed by atoms with Gasteiger partial charge in [-0.05, 0) is 32.1 Å². The molecule has 2 rings (SSSR count). The van der Waals surface area contributed by atoms with Gasteiger partial charge in [-0.3, -0.25) is 0 Å². The Hall–Kier alpha value is -0.0800. The summed E-state index contributed by atoms with van der Waals surface area (Å²) in [7, 11) is 0. The SMILES string of the molecule is CCOC1CC(NC2CC2C)C1. The molecule has 2 aliphatic rings. The first-order chi connectivity index (χ1) is 5.79. The Kier molecular flexibility index (Phi) is 2.37. The van der Waals surface area contributed by atoms with Crippen LogP contribution in [-0.4, -0.2) is 24.8 Å². The molecule has 0 bridgehead atoms. The normalized spacial score (nSPS) is 45.5. The van der Waals surface area contributed by atoms with Crippen molar-refractivity contribution in [2.45, 2.75) is 51.3 Å². The molecule has 70 valence electrons. The van der Waals surface area contributed by atoms with Gasteiger partial charge in [0.25, 0.3) is 0 Å². The molecule has 2 fully saturated rings. The molecule has 0 spiro atoms. The van der Waals surface area contributed by atoms with Crippen molar-refractivity contribution in [3.63, 3.8) is 0 Å². The fourth-order valence-electron chi connectivity index (χ4n) is 1.93. The Balaban J connectivity index is 1.56. The van der Waals surface area contributed by atoms with E-state index >= 15 is 0 Å². The van der Waals surface area contributed by atoms with Gasteiger partial charge in [0.1, 0.15) is 0 Å². The van der Waals surface area contributed by atoms with Crippen molar-refractivity contribution in [3.05, 3.63) is 0 Å². The lowest BCUT2D eigenvalue weighted by Gasteiger charge is -2.35. The Morgan fingerprint density at radius 3 is 2.50 bits per heavy atom. The summed E-state index contributed by atoms with van der Waals surface area (Å²) >= 11 is 0. The molecule has 0 aliphatic heterocycles. The summed E-state index contributed by atoms with van der Waals surface area (Å²) in [4.78, 5) is 0. The largest absolute Gasteiger partial charge is 0.378 e. The lowest BCUT2D eigenvalue weighted by molar-refractivity contribution is -0.0104. The molecule has 0 saturated heterocycles. The highest BCUT2D eigenvalue weighted by atomic mass is 16.5. The summed E-state index contributed by atoms with van der Waals surface area (Å²) < 4.78 is 5.50. The van der Waals surface area contributed by atoms with Gasteiger partial charge < -0.3 is 10.1 Å². The third-order valence-corrected chi connectivity index (χ3v) is 3.06. The molecule has 2 unspecified atom stereocenters. The second-order valence-electron chi connectivity index (χ2n) is 4.23.